The molecular weight excluding hydrogens is 364 g/mol. The third kappa shape index (κ3) is 4.57. The molecule has 0 saturated carbocycles. The Morgan fingerprint density at radius 3 is 2.48 bits per heavy atom. The molecule has 1 aromatic carbocycles. The van der Waals surface area contributed by atoms with E-state index in [1.165, 1.54) is 0 Å². The first-order valence-corrected chi connectivity index (χ1v) is 9.63. The van der Waals surface area contributed by atoms with Crippen molar-refractivity contribution in [1.82, 2.24) is 15.3 Å². The molecular formula is C20H25ClN4O2. The van der Waals surface area contributed by atoms with Crippen molar-refractivity contribution >= 4 is 23.5 Å². The summed E-state index contributed by atoms with van der Waals surface area (Å²) in [5, 5.41) is 12.5. The molecule has 144 valence electrons. The van der Waals surface area contributed by atoms with E-state index in [-0.39, 0.29) is 19.1 Å². The monoisotopic (exact) mass is 388 g/mol. The molecule has 0 atom stereocenters. The van der Waals surface area contributed by atoms with Crippen molar-refractivity contribution in [2.75, 3.05) is 31.1 Å². The molecule has 1 aliphatic rings. The van der Waals surface area contributed by atoms with Crippen molar-refractivity contribution in [2.24, 2.45) is 5.41 Å². The van der Waals surface area contributed by atoms with Gasteiger partial charge >= 0.3 is 0 Å². The van der Waals surface area contributed by atoms with Gasteiger partial charge in [-0.2, -0.15) is 0 Å². The van der Waals surface area contributed by atoms with Crippen molar-refractivity contribution < 1.29 is 9.90 Å². The fourth-order valence-corrected chi connectivity index (χ4v) is 3.57. The zero-order valence-electron chi connectivity index (χ0n) is 15.5. The first-order valence-electron chi connectivity index (χ1n) is 9.26. The Balaban J connectivity index is 1.72. The smallest absolute Gasteiger partial charge is 0.230 e. The molecule has 2 aromatic rings. The lowest BCUT2D eigenvalue weighted by Gasteiger charge is -2.49. The van der Waals surface area contributed by atoms with Gasteiger partial charge in [0.2, 0.25) is 11.9 Å². The van der Waals surface area contributed by atoms with Crippen LogP contribution in [0.5, 0.6) is 0 Å². The molecule has 1 amide bonds. The SMILES string of the molecule is CCCc1cnc(N2CC(Cc3ccc(Cl)cc3)(C(=O)NCCO)C2)nc1. The first-order chi connectivity index (χ1) is 13.1. The summed E-state index contributed by atoms with van der Waals surface area (Å²) in [6.45, 7) is 3.39. The van der Waals surface area contributed by atoms with Crippen LogP contribution >= 0.6 is 11.6 Å². The summed E-state index contributed by atoms with van der Waals surface area (Å²) >= 11 is 5.97. The van der Waals surface area contributed by atoms with Gasteiger partial charge in [0.05, 0.1) is 12.0 Å². The molecule has 6 nitrogen and oxygen atoms in total. The van der Waals surface area contributed by atoms with E-state index in [1.54, 1.807) is 0 Å². The number of anilines is 1. The number of carbonyl (C=O) groups excluding carboxylic acids is 1. The topological polar surface area (TPSA) is 78.4 Å². The van der Waals surface area contributed by atoms with Crippen LogP contribution in [0.15, 0.2) is 36.7 Å². The van der Waals surface area contributed by atoms with Gasteiger partial charge in [-0.05, 0) is 36.1 Å². The number of aliphatic hydroxyl groups excluding tert-OH is 1. The minimum absolute atomic E-state index is 0.0506. The summed E-state index contributed by atoms with van der Waals surface area (Å²) in [6.07, 6.45) is 6.34. The van der Waals surface area contributed by atoms with Gasteiger partial charge in [0, 0.05) is 37.1 Å². The Morgan fingerprint density at radius 2 is 1.89 bits per heavy atom. The fraction of sp³-hybridized carbons (Fsp3) is 0.450. The Bertz CT molecular complexity index is 759. The lowest BCUT2D eigenvalue weighted by Crippen LogP contribution is -2.65. The number of nitrogens with zero attached hydrogens (tertiary/aromatic N) is 3. The van der Waals surface area contributed by atoms with Crippen LogP contribution < -0.4 is 10.2 Å². The Labute approximate surface area is 164 Å². The molecule has 0 bridgehead atoms. The standard InChI is InChI=1S/C20H25ClN4O2/c1-2-3-16-11-23-19(24-12-16)25-13-20(14-25,18(27)22-8-9-26)10-15-4-6-17(21)7-5-15/h4-7,11-12,26H,2-3,8-10,13-14H2,1H3,(H,22,27). The van der Waals surface area contributed by atoms with Crippen LogP contribution in [0.25, 0.3) is 0 Å². The average molecular weight is 389 g/mol. The lowest BCUT2D eigenvalue weighted by atomic mass is 9.74. The van der Waals surface area contributed by atoms with E-state index < -0.39 is 5.41 Å². The molecule has 0 aliphatic carbocycles. The molecule has 1 saturated heterocycles. The number of hydrogen-bond acceptors (Lipinski definition) is 5. The van der Waals surface area contributed by atoms with E-state index in [2.05, 4.69) is 22.2 Å². The minimum Gasteiger partial charge on any atom is -0.395 e. The third-order valence-corrected chi connectivity index (χ3v) is 5.09. The average Bonchev–Trinajstić information content (AvgIpc) is 2.65. The molecule has 2 heterocycles. The van der Waals surface area contributed by atoms with E-state index >= 15 is 0 Å². The van der Waals surface area contributed by atoms with Gasteiger partial charge in [0.1, 0.15) is 0 Å². The van der Waals surface area contributed by atoms with Crippen LogP contribution in [0.3, 0.4) is 0 Å². The highest BCUT2D eigenvalue weighted by atomic mass is 35.5. The molecule has 7 heteroatoms. The number of benzene rings is 1. The summed E-state index contributed by atoms with van der Waals surface area (Å²) in [5.41, 5.74) is 1.61. The van der Waals surface area contributed by atoms with Crippen molar-refractivity contribution in [3.05, 3.63) is 52.8 Å². The Hall–Kier alpha value is -2.18. The molecule has 2 N–H and O–H groups in total. The number of hydrogen-bond donors (Lipinski definition) is 2. The molecule has 27 heavy (non-hydrogen) atoms. The predicted octanol–water partition coefficient (Wildman–Crippen LogP) is 2.24. The minimum atomic E-state index is -0.561. The van der Waals surface area contributed by atoms with Crippen LogP contribution in [0, 0.1) is 5.41 Å². The quantitative estimate of drug-likeness (QED) is 0.725. The van der Waals surface area contributed by atoms with Crippen LogP contribution in [-0.4, -0.2) is 47.2 Å². The van der Waals surface area contributed by atoms with Crippen LogP contribution in [-0.2, 0) is 17.6 Å². The largest absolute Gasteiger partial charge is 0.395 e. The maximum atomic E-state index is 12.8. The molecule has 0 spiro atoms. The fourth-order valence-electron chi connectivity index (χ4n) is 3.44. The predicted molar refractivity (Wildman–Crippen MR) is 106 cm³/mol. The second-order valence-corrected chi connectivity index (χ2v) is 7.50. The highest BCUT2D eigenvalue weighted by molar-refractivity contribution is 6.30. The number of aliphatic hydroxyl groups is 1. The van der Waals surface area contributed by atoms with Gasteiger partial charge < -0.3 is 15.3 Å². The molecule has 1 fully saturated rings. The van der Waals surface area contributed by atoms with Gasteiger partial charge in [-0.15, -0.1) is 0 Å². The summed E-state index contributed by atoms with van der Waals surface area (Å²) < 4.78 is 0. The number of aryl methyl sites for hydroxylation is 1. The van der Waals surface area contributed by atoms with Crippen molar-refractivity contribution in [1.29, 1.82) is 0 Å². The van der Waals surface area contributed by atoms with E-state index in [4.69, 9.17) is 16.7 Å². The highest BCUT2D eigenvalue weighted by Gasteiger charge is 2.50. The summed E-state index contributed by atoms with van der Waals surface area (Å²) in [7, 11) is 0. The molecule has 0 radical (unpaired) electrons. The van der Waals surface area contributed by atoms with Crippen LogP contribution in [0.4, 0.5) is 5.95 Å². The van der Waals surface area contributed by atoms with Crippen LogP contribution in [0.1, 0.15) is 24.5 Å². The number of aromatic nitrogens is 2. The maximum absolute atomic E-state index is 12.8. The number of carbonyl (C=O) groups is 1. The van der Waals surface area contributed by atoms with Gasteiger partial charge in [0.25, 0.3) is 0 Å². The Kier molecular flexibility index (Phi) is 6.29. The summed E-state index contributed by atoms with van der Waals surface area (Å²) in [4.78, 5) is 23.7. The molecule has 1 aliphatic heterocycles. The Morgan fingerprint density at radius 1 is 1.22 bits per heavy atom. The second-order valence-electron chi connectivity index (χ2n) is 7.06. The number of halogens is 1. The van der Waals surface area contributed by atoms with E-state index in [0.717, 1.165) is 24.0 Å². The number of amides is 1. The first kappa shape index (κ1) is 19.6. The van der Waals surface area contributed by atoms with Gasteiger partial charge in [-0.3, -0.25) is 4.79 Å². The number of nitrogens with one attached hydrogen (secondary N) is 1. The van der Waals surface area contributed by atoms with E-state index in [1.807, 2.05) is 41.6 Å². The van der Waals surface area contributed by atoms with Crippen molar-refractivity contribution in [3.8, 4) is 0 Å². The highest BCUT2D eigenvalue weighted by Crippen LogP contribution is 2.36. The lowest BCUT2D eigenvalue weighted by molar-refractivity contribution is -0.132. The van der Waals surface area contributed by atoms with Crippen LogP contribution in [0.2, 0.25) is 5.02 Å². The normalized spacial score (nSPS) is 15.3. The third-order valence-electron chi connectivity index (χ3n) is 4.84. The summed E-state index contributed by atoms with van der Waals surface area (Å²) in [5.74, 6) is 0.599. The second kappa shape index (κ2) is 8.67. The maximum Gasteiger partial charge on any atom is 0.230 e. The van der Waals surface area contributed by atoms with Gasteiger partial charge in [-0.1, -0.05) is 37.1 Å². The van der Waals surface area contributed by atoms with E-state index in [9.17, 15) is 4.79 Å². The van der Waals surface area contributed by atoms with Gasteiger partial charge in [0.15, 0.2) is 0 Å². The van der Waals surface area contributed by atoms with Gasteiger partial charge in [-0.25, -0.2) is 9.97 Å². The van der Waals surface area contributed by atoms with Crippen molar-refractivity contribution in [3.63, 3.8) is 0 Å². The number of rotatable bonds is 8. The molecule has 1 aromatic heterocycles. The molecule has 0 unspecified atom stereocenters. The zero-order valence-corrected chi connectivity index (χ0v) is 16.2. The van der Waals surface area contributed by atoms with E-state index in [0.29, 0.717) is 30.5 Å². The summed E-state index contributed by atoms with van der Waals surface area (Å²) in [6, 6.07) is 7.56. The van der Waals surface area contributed by atoms with Crippen molar-refractivity contribution in [2.45, 2.75) is 26.2 Å². The molecule has 3 rings (SSSR count). The zero-order chi connectivity index (χ0) is 19.3.